The van der Waals surface area contributed by atoms with Gasteiger partial charge in [0.15, 0.2) is 5.58 Å². The van der Waals surface area contributed by atoms with Crippen molar-refractivity contribution in [2.75, 3.05) is 0 Å². The van der Waals surface area contributed by atoms with Crippen LogP contribution in [0.1, 0.15) is 0 Å². The number of nitrogens with zero attached hydrogens (tertiary/aromatic N) is 2. The molecule has 0 amide bonds. The molecule has 238 valence electrons. The van der Waals surface area contributed by atoms with Crippen LogP contribution in [-0.2, 0) is 0 Å². The van der Waals surface area contributed by atoms with Gasteiger partial charge in [0.2, 0.25) is 0 Å². The van der Waals surface area contributed by atoms with E-state index < -0.39 is 0 Å². The van der Waals surface area contributed by atoms with Gasteiger partial charge in [0.25, 0.3) is 0 Å². The molecule has 0 fully saturated rings. The van der Waals surface area contributed by atoms with E-state index in [0.29, 0.717) is 0 Å². The van der Waals surface area contributed by atoms with Crippen LogP contribution >= 0.6 is 0 Å². The minimum atomic E-state index is 0.904. The number of rotatable bonds is 4. The normalized spacial score (nSPS) is 11.9. The first-order valence-electron chi connectivity index (χ1n) is 17.4. The maximum atomic E-state index is 6.52. The van der Waals surface area contributed by atoms with E-state index in [0.717, 1.165) is 38.7 Å². The lowest BCUT2D eigenvalue weighted by Crippen LogP contribution is -1.97. The molecule has 0 aliphatic carbocycles. The zero-order valence-electron chi connectivity index (χ0n) is 27.6. The van der Waals surface area contributed by atoms with Gasteiger partial charge in [0, 0.05) is 37.9 Å². The quantitative estimate of drug-likeness (QED) is 0.186. The Morgan fingerprint density at radius 2 is 0.824 bits per heavy atom. The molecule has 0 unspecified atom stereocenters. The fourth-order valence-corrected chi connectivity index (χ4v) is 8.26. The highest BCUT2D eigenvalue weighted by atomic mass is 16.3. The summed E-state index contributed by atoms with van der Waals surface area (Å²) in [6.07, 6.45) is 0. The summed E-state index contributed by atoms with van der Waals surface area (Å²) in [6.45, 7) is 0. The minimum absolute atomic E-state index is 0.904. The minimum Gasteiger partial charge on any atom is -0.454 e. The first kappa shape index (κ1) is 28.0. The Morgan fingerprint density at radius 1 is 0.314 bits per heavy atom. The fraction of sp³-hybridized carbons (Fsp3) is 0. The molecule has 3 heterocycles. The van der Waals surface area contributed by atoms with E-state index in [9.17, 15) is 0 Å². The summed E-state index contributed by atoms with van der Waals surface area (Å²) in [5.74, 6) is 0. The number of furan rings is 1. The molecule has 0 radical (unpaired) electrons. The fourth-order valence-electron chi connectivity index (χ4n) is 8.26. The van der Waals surface area contributed by atoms with Crippen LogP contribution in [-0.4, -0.2) is 9.13 Å². The van der Waals surface area contributed by atoms with Crippen LogP contribution in [0.4, 0.5) is 0 Å². The van der Waals surface area contributed by atoms with Gasteiger partial charge in [-0.05, 0) is 71.3 Å². The molecule has 0 aliphatic heterocycles. The Bertz CT molecular complexity index is 3140. The molecule has 0 N–H and O–H groups in total. The van der Waals surface area contributed by atoms with Crippen molar-refractivity contribution in [3.63, 3.8) is 0 Å². The van der Waals surface area contributed by atoms with Gasteiger partial charge >= 0.3 is 0 Å². The summed E-state index contributed by atoms with van der Waals surface area (Å²) in [4.78, 5) is 0. The number of fused-ring (bicyclic) bond motifs is 9. The maximum absolute atomic E-state index is 6.52. The van der Waals surface area contributed by atoms with E-state index in [1.165, 1.54) is 60.5 Å². The molecular weight excluding hydrogens is 621 g/mol. The van der Waals surface area contributed by atoms with Crippen LogP contribution < -0.4 is 0 Å². The van der Waals surface area contributed by atoms with Crippen molar-refractivity contribution in [2.24, 2.45) is 0 Å². The highest BCUT2D eigenvalue weighted by Gasteiger charge is 2.19. The second-order valence-corrected chi connectivity index (χ2v) is 13.3. The van der Waals surface area contributed by atoms with Gasteiger partial charge in [0.1, 0.15) is 5.58 Å². The second-order valence-electron chi connectivity index (χ2n) is 13.3. The van der Waals surface area contributed by atoms with Crippen molar-refractivity contribution in [3.8, 4) is 33.6 Å². The average molecular weight is 651 g/mol. The average Bonchev–Trinajstić information content (AvgIpc) is 3.85. The van der Waals surface area contributed by atoms with E-state index in [-0.39, 0.29) is 0 Å². The van der Waals surface area contributed by atoms with Gasteiger partial charge in [-0.1, -0.05) is 127 Å². The summed E-state index contributed by atoms with van der Waals surface area (Å²) >= 11 is 0. The standard InChI is InChI=1S/C48H30N2O/c1-2-13-31(14-3-1)34-15-4-8-20-41(34)49-42-21-9-5-16-35(42)39-29-32(25-27-44(39)49)33-26-28-45-40(30-33)36-17-6-10-22-43(36)50(45)46-23-12-19-38-37-18-7-11-24-47(37)51-48(38)46/h1-30H. The SMILES string of the molecule is c1ccc(-c2ccccc2-n2c3ccccc3c3cc(-c4ccc5c(c4)c4ccccc4n5-c4cccc5c4oc4ccccc45)ccc32)cc1. The second kappa shape index (κ2) is 10.8. The van der Waals surface area contributed by atoms with Crippen molar-refractivity contribution in [1.29, 1.82) is 0 Å². The largest absolute Gasteiger partial charge is 0.454 e. The molecule has 3 heteroatoms. The summed E-state index contributed by atoms with van der Waals surface area (Å²) in [5.41, 5.74) is 13.6. The topological polar surface area (TPSA) is 23.0 Å². The Labute approximate surface area is 293 Å². The molecule has 3 nitrogen and oxygen atoms in total. The van der Waals surface area contributed by atoms with Crippen molar-refractivity contribution in [1.82, 2.24) is 9.13 Å². The van der Waals surface area contributed by atoms with Crippen LogP contribution in [0.25, 0.3) is 99.2 Å². The molecule has 0 saturated carbocycles. The number of aromatic nitrogens is 2. The Kier molecular flexibility index (Phi) is 5.96. The third-order valence-electron chi connectivity index (χ3n) is 10.5. The summed E-state index contributed by atoms with van der Waals surface area (Å²) in [7, 11) is 0. The highest BCUT2D eigenvalue weighted by Crippen LogP contribution is 2.41. The number of hydrogen-bond donors (Lipinski definition) is 0. The lowest BCUT2D eigenvalue weighted by atomic mass is 10.0. The van der Waals surface area contributed by atoms with Crippen molar-refractivity contribution in [2.45, 2.75) is 0 Å². The Morgan fingerprint density at radius 3 is 1.53 bits per heavy atom. The lowest BCUT2D eigenvalue weighted by molar-refractivity contribution is 0.666. The Balaban J connectivity index is 1.11. The smallest absolute Gasteiger partial charge is 0.159 e. The van der Waals surface area contributed by atoms with E-state index in [4.69, 9.17) is 4.42 Å². The van der Waals surface area contributed by atoms with Crippen LogP contribution in [0.2, 0.25) is 0 Å². The third kappa shape index (κ3) is 4.12. The predicted molar refractivity (Wildman–Crippen MR) is 213 cm³/mol. The molecule has 0 aliphatic rings. The highest BCUT2D eigenvalue weighted by molar-refractivity contribution is 6.14. The first-order valence-corrected chi connectivity index (χ1v) is 17.4. The number of para-hydroxylation sites is 5. The molecule has 0 atom stereocenters. The van der Waals surface area contributed by atoms with E-state index in [2.05, 4.69) is 179 Å². The van der Waals surface area contributed by atoms with E-state index in [1.54, 1.807) is 0 Å². The van der Waals surface area contributed by atoms with Crippen molar-refractivity contribution in [3.05, 3.63) is 182 Å². The van der Waals surface area contributed by atoms with Crippen LogP contribution in [0.15, 0.2) is 186 Å². The van der Waals surface area contributed by atoms with Crippen LogP contribution in [0.5, 0.6) is 0 Å². The summed E-state index contributed by atoms with van der Waals surface area (Å²) in [6, 6.07) is 65.5. The molecule has 8 aromatic carbocycles. The third-order valence-corrected chi connectivity index (χ3v) is 10.5. The first-order chi connectivity index (χ1) is 25.3. The lowest BCUT2D eigenvalue weighted by Gasteiger charge is -2.14. The molecule has 51 heavy (non-hydrogen) atoms. The molecule has 11 rings (SSSR count). The Hall–Kier alpha value is -6.84. The van der Waals surface area contributed by atoms with Gasteiger partial charge in [-0.3, -0.25) is 0 Å². The van der Waals surface area contributed by atoms with Gasteiger partial charge in [-0.15, -0.1) is 0 Å². The predicted octanol–water partition coefficient (Wildman–Crippen LogP) is 13.1. The molecule has 0 spiro atoms. The molecular formula is C48H30N2O. The van der Waals surface area contributed by atoms with Crippen LogP contribution in [0.3, 0.4) is 0 Å². The molecule has 11 aromatic rings. The van der Waals surface area contributed by atoms with E-state index >= 15 is 0 Å². The van der Waals surface area contributed by atoms with Crippen molar-refractivity contribution < 1.29 is 4.42 Å². The van der Waals surface area contributed by atoms with Gasteiger partial charge in [-0.2, -0.15) is 0 Å². The van der Waals surface area contributed by atoms with Crippen LogP contribution in [0, 0.1) is 0 Å². The zero-order chi connectivity index (χ0) is 33.5. The number of hydrogen-bond acceptors (Lipinski definition) is 1. The molecule has 0 bridgehead atoms. The number of benzene rings is 8. The van der Waals surface area contributed by atoms with Crippen molar-refractivity contribution >= 4 is 65.6 Å². The monoisotopic (exact) mass is 650 g/mol. The molecule has 0 saturated heterocycles. The maximum Gasteiger partial charge on any atom is 0.159 e. The molecule has 3 aromatic heterocycles. The summed E-state index contributed by atoms with van der Waals surface area (Å²) in [5, 5.41) is 7.19. The van der Waals surface area contributed by atoms with E-state index in [1.807, 2.05) is 12.1 Å². The zero-order valence-corrected chi connectivity index (χ0v) is 27.6. The van der Waals surface area contributed by atoms with Gasteiger partial charge in [0.05, 0.1) is 33.4 Å². The van der Waals surface area contributed by atoms with Gasteiger partial charge in [-0.25, -0.2) is 0 Å². The van der Waals surface area contributed by atoms with Gasteiger partial charge < -0.3 is 13.6 Å². The summed E-state index contributed by atoms with van der Waals surface area (Å²) < 4.78 is 11.3.